The summed E-state index contributed by atoms with van der Waals surface area (Å²) >= 11 is 0. The van der Waals surface area contributed by atoms with Crippen molar-refractivity contribution in [2.24, 2.45) is 0 Å². The lowest BCUT2D eigenvalue weighted by Gasteiger charge is -2.26. The fourth-order valence-electron chi connectivity index (χ4n) is 3.93. The van der Waals surface area contributed by atoms with Crippen LogP contribution >= 0.6 is 0 Å². The van der Waals surface area contributed by atoms with E-state index in [-0.39, 0.29) is 24.1 Å². The number of aromatic nitrogens is 2. The smallest absolute Gasteiger partial charge is 0.261 e. The molecule has 1 unspecified atom stereocenters. The number of hydrogen-bond acceptors (Lipinski definition) is 4. The Morgan fingerprint density at radius 1 is 1.18 bits per heavy atom. The summed E-state index contributed by atoms with van der Waals surface area (Å²) < 4.78 is 6.70. The number of hydrogen-bond donors (Lipinski definition) is 0. The number of methoxy groups -OCH3 is 1. The molecular formula is C22H23N3O3. The SMILES string of the molecule is COc1ccc(C2CCCN2C(=O)Cn2c(C)nc3ccccc3c2=O)cc1. The molecule has 1 aliphatic heterocycles. The van der Waals surface area contributed by atoms with Crippen LogP contribution in [0.25, 0.3) is 10.9 Å². The number of para-hydroxylation sites is 1. The van der Waals surface area contributed by atoms with E-state index in [0.29, 0.717) is 23.3 Å². The summed E-state index contributed by atoms with van der Waals surface area (Å²) in [5, 5.41) is 0.536. The number of amides is 1. The van der Waals surface area contributed by atoms with E-state index in [4.69, 9.17) is 4.74 Å². The van der Waals surface area contributed by atoms with Crippen LogP contribution in [-0.4, -0.2) is 34.0 Å². The average molecular weight is 377 g/mol. The van der Waals surface area contributed by atoms with E-state index >= 15 is 0 Å². The summed E-state index contributed by atoms with van der Waals surface area (Å²) in [7, 11) is 1.64. The second-order valence-corrected chi connectivity index (χ2v) is 7.09. The van der Waals surface area contributed by atoms with Gasteiger partial charge in [-0.05, 0) is 49.6 Å². The molecule has 28 heavy (non-hydrogen) atoms. The maximum atomic E-state index is 13.1. The molecule has 4 rings (SSSR count). The fraction of sp³-hybridized carbons (Fsp3) is 0.318. The first-order valence-corrected chi connectivity index (χ1v) is 9.48. The van der Waals surface area contributed by atoms with Crippen LogP contribution in [0.4, 0.5) is 0 Å². The van der Waals surface area contributed by atoms with E-state index in [9.17, 15) is 9.59 Å². The zero-order valence-electron chi connectivity index (χ0n) is 16.1. The Kier molecular flexibility index (Phi) is 4.86. The van der Waals surface area contributed by atoms with Crippen LogP contribution in [0, 0.1) is 6.92 Å². The number of carbonyl (C=O) groups is 1. The van der Waals surface area contributed by atoms with Crippen LogP contribution < -0.4 is 10.3 Å². The molecule has 0 spiro atoms. The van der Waals surface area contributed by atoms with E-state index < -0.39 is 0 Å². The number of fused-ring (bicyclic) bond motifs is 1. The minimum atomic E-state index is -0.170. The van der Waals surface area contributed by atoms with Gasteiger partial charge in [-0.3, -0.25) is 14.2 Å². The van der Waals surface area contributed by atoms with Crippen LogP contribution in [0.3, 0.4) is 0 Å². The van der Waals surface area contributed by atoms with Crippen molar-refractivity contribution in [2.75, 3.05) is 13.7 Å². The molecule has 0 N–H and O–H groups in total. The molecule has 0 radical (unpaired) electrons. The first-order chi connectivity index (χ1) is 13.6. The molecule has 1 aromatic heterocycles. The average Bonchev–Trinajstić information content (AvgIpc) is 3.21. The Morgan fingerprint density at radius 2 is 1.93 bits per heavy atom. The molecule has 1 amide bonds. The normalized spacial score (nSPS) is 16.5. The van der Waals surface area contributed by atoms with Crippen LogP contribution in [0.15, 0.2) is 53.3 Å². The summed E-state index contributed by atoms with van der Waals surface area (Å²) in [6.45, 7) is 2.48. The number of benzene rings is 2. The molecule has 2 heterocycles. The van der Waals surface area contributed by atoms with E-state index in [1.807, 2.05) is 47.4 Å². The minimum absolute atomic E-state index is 0.00908. The number of aryl methyl sites for hydroxylation is 1. The van der Waals surface area contributed by atoms with Gasteiger partial charge in [0.15, 0.2) is 0 Å². The van der Waals surface area contributed by atoms with Crippen molar-refractivity contribution in [2.45, 2.75) is 32.4 Å². The van der Waals surface area contributed by atoms with Crippen molar-refractivity contribution in [3.63, 3.8) is 0 Å². The van der Waals surface area contributed by atoms with Crippen LogP contribution in [0.5, 0.6) is 5.75 Å². The Morgan fingerprint density at radius 3 is 2.68 bits per heavy atom. The molecule has 1 atom stereocenters. The molecule has 1 aliphatic rings. The number of nitrogens with zero attached hydrogens (tertiary/aromatic N) is 3. The van der Waals surface area contributed by atoms with Crippen molar-refractivity contribution in [3.05, 3.63) is 70.3 Å². The van der Waals surface area contributed by atoms with Gasteiger partial charge in [-0.15, -0.1) is 0 Å². The molecule has 6 heteroatoms. The van der Waals surface area contributed by atoms with Gasteiger partial charge in [0.1, 0.15) is 18.1 Å². The summed E-state index contributed by atoms with van der Waals surface area (Å²) in [5.41, 5.74) is 1.58. The van der Waals surface area contributed by atoms with Crippen LogP contribution in [-0.2, 0) is 11.3 Å². The van der Waals surface area contributed by atoms with Crippen molar-refractivity contribution >= 4 is 16.8 Å². The van der Waals surface area contributed by atoms with Gasteiger partial charge in [0.2, 0.25) is 5.91 Å². The number of ether oxygens (including phenoxy) is 1. The third-order valence-corrected chi connectivity index (χ3v) is 5.42. The van der Waals surface area contributed by atoms with Gasteiger partial charge < -0.3 is 9.64 Å². The summed E-state index contributed by atoms with van der Waals surface area (Å²) in [6.07, 6.45) is 1.87. The van der Waals surface area contributed by atoms with Gasteiger partial charge >= 0.3 is 0 Å². The maximum absolute atomic E-state index is 13.1. The second-order valence-electron chi connectivity index (χ2n) is 7.09. The Hall–Kier alpha value is -3.15. The van der Waals surface area contributed by atoms with Gasteiger partial charge in [-0.2, -0.15) is 0 Å². The van der Waals surface area contributed by atoms with E-state index in [2.05, 4.69) is 4.98 Å². The highest BCUT2D eigenvalue weighted by Crippen LogP contribution is 2.33. The van der Waals surface area contributed by atoms with Crippen molar-refractivity contribution in [1.82, 2.24) is 14.5 Å². The van der Waals surface area contributed by atoms with Gasteiger partial charge in [0.05, 0.1) is 24.1 Å². The van der Waals surface area contributed by atoms with Gasteiger partial charge in [0.25, 0.3) is 5.56 Å². The Labute approximate surface area is 163 Å². The van der Waals surface area contributed by atoms with Crippen molar-refractivity contribution < 1.29 is 9.53 Å². The van der Waals surface area contributed by atoms with E-state index in [1.165, 1.54) is 4.57 Å². The van der Waals surface area contributed by atoms with Crippen LogP contribution in [0.2, 0.25) is 0 Å². The third-order valence-electron chi connectivity index (χ3n) is 5.42. The topological polar surface area (TPSA) is 64.4 Å². The molecule has 1 saturated heterocycles. The molecule has 2 aromatic carbocycles. The van der Waals surface area contributed by atoms with Gasteiger partial charge in [-0.25, -0.2) is 4.98 Å². The molecule has 3 aromatic rings. The van der Waals surface area contributed by atoms with Gasteiger partial charge in [0, 0.05) is 6.54 Å². The lowest BCUT2D eigenvalue weighted by molar-refractivity contribution is -0.132. The summed E-state index contributed by atoms with van der Waals surface area (Å²) in [5.74, 6) is 1.29. The molecule has 144 valence electrons. The zero-order chi connectivity index (χ0) is 19.7. The minimum Gasteiger partial charge on any atom is -0.497 e. The lowest BCUT2D eigenvalue weighted by atomic mass is 10.0. The largest absolute Gasteiger partial charge is 0.497 e. The predicted octanol–water partition coefficient (Wildman–Crippen LogP) is 3.08. The number of likely N-dealkylation sites (tertiary alicyclic amines) is 1. The first-order valence-electron chi connectivity index (χ1n) is 9.48. The van der Waals surface area contributed by atoms with Gasteiger partial charge in [-0.1, -0.05) is 24.3 Å². The second kappa shape index (κ2) is 7.46. The predicted molar refractivity (Wildman–Crippen MR) is 107 cm³/mol. The van der Waals surface area contributed by atoms with E-state index in [1.54, 1.807) is 20.1 Å². The Balaban J connectivity index is 1.61. The fourth-order valence-corrected chi connectivity index (χ4v) is 3.93. The molecule has 1 fully saturated rings. The van der Waals surface area contributed by atoms with Crippen molar-refractivity contribution in [3.8, 4) is 5.75 Å². The van der Waals surface area contributed by atoms with Crippen molar-refractivity contribution in [1.29, 1.82) is 0 Å². The highest BCUT2D eigenvalue weighted by atomic mass is 16.5. The monoisotopic (exact) mass is 377 g/mol. The molecular weight excluding hydrogens is 354 g/mol. The molecule has 0 saturated carbocycles. The summed E-state index contributed by atoms with van der Waals surface area (Å²) in [4.78, 5) is 32.3. The lowest BCUT2D eigenvalue weighted by Crippen LogP contribution is -2.37. The quantitative estimate of drug-likeness (QED) is 0.701. The van der Waals surface area contributed by atoms with E-state index in [0.717, 1.165) is 24.2 Å². The Bertz CT molecular complexity index is 1070. The highest BCUT2D eigenvalue weighted by molar-refractivity contribution is 5.79. The highest BCUT2D eigenvalue weighted by Gasteiger charge is 2.30. The molecule has 0 bridgehead atoms. The maximum Gasteiger partial charge on any atom is 0.261 e. The third kappa shape index (κ3) is 3.26. The number of carbonyl (C=O) groups excluding carboxylic acids is 1. The summed E-state index contributed by atoms with van der Waals surface area (Å²) in [6, 6.07) is 15.1. The molecule has 0 aliphatic carbocycles. The zero-order valence-corrected chi connectivity index (χ0v) is 16.1. The number of rotatable bonds is 4. The standard InChI is InChI=1S/C22H23N3O3/c1-15-23-19-7-4-3-6-18(19)22(27)25(15)14-21(26)24-13-5-8-20(24)16-9-11-17(28-2)12-10-16/h3-4,6-7,9-12,20H,5,8,13-14H2,1-2H3. The van der Waals surface area contributed by atoms with Crippen LogP contribution in [0.1, 0.15) is 30.3 Å². The first kappa shape index (κ1) is 18.2. The molecule has 6 nitrogen and oxygen atoms in total.